The highest BCUT2D eigenvalue weighted by molar-refractivity contribution is 7.79. The van der Waals surface area contributed by atoms with Crippen molar-refractivity contribution in [1.29, 1.82) is 0 Å². The van der Waals surface area contributed by atoms with Crippen molar-refractivity contribution in [1.82, 2.24) is 0 Å². The smallest absolute Gasteiger partial charge is 0.186 e. The van der Waals surface area contributed by atoms with Crippen molar-refractivity contribution in [3.63, 3.8) is 0 Å². The number of benzene rings is 1. The fourth-order valence-corrected chi connectivity index (χ4v) is 1.36. The third kappa shape index (κ3) is 2.30. The van der Waals surface area contributed by atoms with Gasteiger partial charge in [0.15, 0.2) is 11.1 Å². The lowest BCUT2D eigenvalue weighted by molar-refractivity contribution is 0.112. The topological polar surface area (TPSA) is 71.4 Å². The van der Waals surface area contributed by atoms with Crippen LogP contribution in [0.5, 0.6) is 0 Å². The van der Waals surface area contributed by atoms with E-state index in [-0.39, 0.29) is 16.0 Å². The summed E-state index contributed by atoms with van der Waals surface area (Å²) in [5.74, 6) is 0. The molecule has 1 aromatic carbocycles. The Hall–Kier alpha value is -1.33. The number of rotatable bonds is 3. The quantitative estimate of drug-likeness (QED) is 0.578. The van der Waals surface area contributed by atoms with Crippen molar-refractivity contribution in [2.45, 2.75) is 4.90 Å². The van der Waals surface area contributed by atoms with Gasteiger partial charge in [-0.1, -0.05) is 0 Å². The second kappa shape index (κ2) is 4.06. The third-order valence-corrected chi connectivity index (χ3v) is 2.06. The minimum absolute atomic E-state index is 0.0479. The Morgan fingerprint density at radius 1 is 1.08 bits per heavy atom. The first kappa shape index (κ1) is 9.76. The van der Waals surface area contributed by atoms with Crippen LogP contribution in [0.3, 0.4) is 0 Å². The zero-order chi connectivity index (χ0) is 9.84. The standard InChI is InChI=1S/C8H6O4S/c9-4-6-1-7(5-10)3-8(2-6)13(11)12/h1-5H,(H,11,12). The summed E-state index contributed by atoms with van der Waals surface area (Å²) in [5.41, 5.74) is 0.420. The van der Waals surface area contributed by atoms with Gasteiger partial charge in [0.05, 0.1) is 4.90 Å². The van der Waals surface area contributed by atoms with Crippen LogP contribution < -0.4 is 0 Å². The van der Waals surface area contributed by atoms with E-state index in [9.17, 15) is 13.8 Å². The Kier molecular flexibility index (Phi) is 3.05. The molecular formula is C8H6O4S. The van der Waals surface area contributed by atoms with Gasteiger partial charge in [0, 0.05) is 11.1 Å². The van der Waals surface area contributed by atoms with Gasteiger partial charge in [-0.05, 0) is 18.2 Å². The Balaban J connectivity index is 3.30. The maximum absolute atomic E-state index is 10.6. The summed E-state index contributed by atoms with van der Waals surface area (Å²) >= 11 is -2.17. The van der Waals surface area contributed by atoms with Crippen LogP contribution in [0, 0.1) is 0 Å². The SMILES string of the molecule is O=Cc1cc(C=O)cc(S(=O)O)c1. The number of carbonyl (C=O) groups excluding carboxylic acids is 2. The molecule has 0 radical (unpaired) electrons. The van der Waals surface area contributed by atoms with Crippen molar-refractivity contribution in [2.24, 2.45) is 0 Å². The molecule has 0 heterocycles. The van der Waals surface area contributed by atoms with Gasteiger partial charge in [-0.3, -0.25) is 9.59 Å². The van der Waals surface area contributed by atoms with E-state index in [2.05, 4.69) is 0 Å². The predicted octanol–water partition coefficient (Wildman–Crippen LogP) is 0.892. The Labute approximate surface area is 76.9 Å². The highest BCUT2D eigenvalue weighted by atomic mass is 32.2. The average molecular weight is 198 g/mol. The molecule has 0 fully saturated rings. The Morgan fingerprint density at radius 2 is 1.54 bits per heavy atom. The zero-order valence-electron chi connectivity index (χ0n) is 6.47. The third-order valence-electron chi connectivity index (χ3n) is 1.42. The van der Waals surface area contributed by atoms with Gasteiger partial charge in [-0.2, -0.15) is 0 Å². The molecule has 1 unspecified atom stereocenters. The van der Waals surface area contributed by atoms with E-state index in [0.29, 0.717) is 12.6 Å². The van der Waals surface area contributed by atoms with E-state index < -0.39 is 11.1 Å². The van der Waals surface area contributed by atoms with Crippen LogP contribution >= 0.6 is 0 Å². The molecular weight excluding hydrogens is 192 g/mol. The predicted molar refractivity (Wildman–Crippen MR) is 46.3 cm³/mol. The van der Waals surface area contributed by atoms with Gasteiger partial charge in [0.25, 0.3) is 0 Å². The molecule has 4 nitrogen and oxygen atoms in total. The van der Waals surface area contributed by atoms with Gasteiger partial charge in [0.1, 0.15) is 12.6 Å². The largest absolute Gasteiger partial charge is 0.302 e. The zero-order valence-corrected chi connectivity index (χ0v) is 7.28. The molecule has 1 rings (SSSR count). The van der Waals surface area contributed by atoms with Crippen LogP contribution in [-0.2, 0) is 11.1 Å². The molecule has 1 aromatic rings. The minimum Gasteiger partial charge on any atom is -0.302 e. The highest BCUT2D eigenvalue weighted by Gasteiger charge is 2.04. The summed E-state index contributed by atoms with van der Waals surface area (Å²) in [5, 5.41) is 0. The summed E-state index contributed by atoms with van der Waals surface area (Å²) in [7, 11) is 0. The van der Waals surface area contributed by atoms with Gasteiger partial charge in [-0.25, -0.2) is 4.21 Å². The summed E-state index contributed by atoms with van der Waals surface area (Å²) in [6.07, 6.45) is 1.03. The van der Waals surface area contributed by atoms with Gasteiger partial charge in [-0.15, -0.1) is 0 Å². The summed E-state index contributed by atoms with van der Waals surface area (Å²) in [6, 6.07) is 3.86. The Morgan fingerprint density at radius 3 is 1.85 bits per heavy atom. The number of hydrogen-bond acceptors (Lipinski definition) is 3. The maximum Gasteiger partial charge on any atom is 0.186 e. The summed E-state index contributed by atoms with van der Waals surface area (Å²) in [4.78, 5) is 20.8. The number of carbonyl (C=O) groups is 2. The number of aldehydes is 2. The lowest BCUT2D eigenvalue weighted by Gasteiger charge is -1.97. The normalized spacial score (nSPS) is 12.1. The molecule has 0 aliphatic rings. The van der Waals surface area contributed by atoms with E-state index in [1.165, 1.54) is 18.2 Å². The molecule has 0 bridgehead atoms. The minimum atomic E-state index is -2.17. The van der Waals surface area contributed by atoms with Crippen LogP contribution in [0.25, 0.3) is 0 Å². The molecule has 0 saturated heterocycles. The van der Waals surface area contributed by atoms with Gasteiger partial charge < -0.3 is 4.55 Å². The Bertz CT molecular complexity index is 346. The molecule has 0 spiro atoms. The molecule has 5 heteroatoms. The molecule has 0 aliphatic heterocycles. The second-order valence-electron chi connectivity index (χ2n) is 2.32. The van der Waals surface area contributed by atoms with E-state index in [0.717, 1.165) is 0 Å². The molecule has 0 aliphatic carbocycles. The lowest BCUT2D eigenvalue weighted by atomic mass is 10.1. The lowest BCUT2D eigenvalue weighted by Crippen LogP contribution is -1.93. The molecule has 1 atom stereocenters. The van der Waals surface area contributed by atoms with Gasteiger partial charge >= 0.3 is 0 Å². The molecule has 0 aromatic heterocycles. The van der Waals surface area contributed by atoms with Crippen molar-refractivity contribution < 1.29 is 18.4 Å². The molecule has 0 saturated carbocycles. The maximum atomic E-state index is 10.6. The van der Waals surface area contributed by atoms with Crippen molar-refractivity contribution in [2.75, 3.05) is 0 Å². The van der Waals surface area contributed by atoms with E-state index in [1.807, 2.05) is 0 Å². The van der Waals surface area contributed by atoms with Crippen LogP contribution in [0.2, 0.25) is 0 Å². The summed E-state index contributed by atoms with van der Waals surface area (Å²) < 4.78 is 19.3. The van der Waals surface area contributed by atoms with E-state index in [1.54, 1.807) is 0 Å². The van der Waals surface area contributed by atoms with Crippen LogP contribution in [0.15, 0.2) is 23.1 Å². The molecule has 13 heavy (non-hydrogen) atoms. The van der Waals surface area contributed by atoms with E-state index >= 15 is 0 Å². The van der Waals surface area contributed by atoms with Gasteiger partial charge in [0.2, 0.25) is 0 Å². The molecule has 68 valence electrons. The molecule has 0 amide bonds. The average Bonchev–Trinajstić information content (AvgIpc) is 2.16. The van der Waals surface area contributed by atoms with Crippen molar-refractivity contribution >= 4 is 23.7 Å². The first-order valence-corrected chi connectivity index (χ1v) is 4.44. The number of hydrogen-bond donors (Lipinski definition) is 1. The van der Waals surface area contributed by atoms with Crippen LogP contribution in [0.1, 0.15) is 20.7 Å². The monoisotopic (exact) mass is 198 g/mol. The van der Waals surface area contributed by atoms with Crippen molar-refractivity contribution in [3.8, 4) is 0 Å². The molecule has 1 N–H and O–H groups in total. The first-order valence-electron chi connectivity index (χ1n) is 3.33. The first-order chi connectivity index (χ1) is 6.17. The summed E-state index contributed by atoms with van der Waals surface area (Å²) in [6.45, 7) is 0. The van der Waals surface area contributed by atoms with Crippen LogP contribution in [0.4, 0.5) is 0 Å². The fraction of sp³-hybridized carbons (Fsp3) is 0. The van der Waals surface area contributed by atoms with Crippen molar-refractivity contribution in [3.05, 3.63) is 29.3 Å². The second-order valence-corrected chi connectivity index (χ2v) is 3.29. The highest BCUT2D eigenvalue weighted by Crippen LogP contribution is 2.10. The fourth-order valence-electron chi connectivity index (χ4n) is 0.883. The van der Waals surface area contributed by atoms with E-state index in [4.69, 9.17) is 4.55 Å². The van der Waals surface area contributed by atoms with Crippen LogP contribution in [-0.4, -0.2) is 21.3 Å².